The van der Waals surface area contributed by atoms with Crippen LogP contribution in [0, 0.1) is 59.2 Å². The lowest BCUT2D eigenvalue weighted by molar-refractivity contribution is -0.199. The summed E-state index contributed by atoms with van der Waals surface area (Å²) in [6, 6.07) is -0.889. The Kier molecular flexibility index (Phi) is 25.8. The molecule has 2 saturated carbocycles. The van der Waals surface area contributed by atoms with Crippen LogP contribution in [0.25, 0.3) is 0 Å². The van der Waals surface area contributed by atoms with Gasteiger partial charge in [0.15, 0.2) is 0 Å². The van der Waals surface area contributed by atoms with Gasteiger partial charge >= 0.3 is 42.2 Å². The van der Waals surface area contributed by atoms with Gasteiger partial charge in [0.1, 0.15) is 13.2 Å². The van der Waals surface area contributed by atoms with Crippen LogP contribution in [-0.2, 0) is 91.0 Å². The molecule has 4 unspecified atom stereocenters. The molecule has 8 atom stereocenters. The summed E-state index contributed by atoms with van der Waals surface area (Å²) in [5.41, 5.74) is 0. The molecule has 5 saturated heterocycles. The van der Waals surface area contributed by atoms with Crippen molar-refractivity contribution in [3.8, 4) is 23.7 Å². The van der Waals surface area contributed by atoms with E-state index in [0.717, 1.165) is 51.4 Å². The normalized spacial score (nSPS) is 25.0. The van der Waals surface area contributed by atoms with Gasteiger partial charge < -0.3 is 49.3 Å². The smallest absolute Gasteiger partial charge is 0.480 e. The number of imide groups is 3. The molecular weight excluding hydrogens is 1200 g/mol. The van der Waals surface area contributed by atoms with Crippen LogP contribution >= 0.6 is 0 Å². The number of carboxylic acid groups (broad SMARTS) is 1. The molecule has 32 heteroatoms. The van der Waals surface area contributed by atoms with Gasteiger partial charge in [0, 0.05) is 143 Å². The molecule has 496 valence electrons. The molecule has 32 nitrogen and oxygen atoms in total. The Morgan fingerprint density at radius 2 is 0.802 bits per heavy atom. The first-order valence-corrected chi connectivity index (χ1v) is 30.5. The van der Waals surface area contributed by atoms with Crippen molar-refractivity contribution in [2.75, 3.05) is 91.9 Å². The van der Waals surface area contributed by atoms with E-state index < -0.39 is 83.7 Å². The first kappa shape index (κ1) is 69.6. The highest BCUT2D eigenvalue weighted by atomic mass is 16.9. The number of hydrogen-bond donors (Lipinski definition) is 3. The van der Waals surface area contributed by atoms with Crippen LogP contribution in [0.3, 0.4) is 0 Å². The Bertz CT molecular complexity index is 2810. The van der Waals surface area contributed by atoms with Crippen molar-refractivity contribution >= 4 is 89.5 Å². The van der Waals surface area contributed by atoms with Crippen molar-refractivity contribution < 1.29 is 110 Å². The van der Waals surface area contributed by atoms with Crippen LogP contribution in [0.5, 0.6) is 0 Å². The molecule has 9 aliphatic rings. The predicted octanol–water partition coefficient (Wildman–Crippen LogP) is 0.196. The van der Waals surface area contributed by atoms with Gasteiger partial charge in [-0.1, -0.05) is 10.1 Å². The zero-order valence-electron chi connectivity index (χ0n) is 50.9. The Morgan fingerprint density at radius 3 is 1.14 bits per heavy atom. The first-order valence-electron chi connectivity index (χ1n) is 30.5. The maximum Gasteiger partial charge on any atom is 0.560 e. The topological polar surface area (TPSA) is 388 Å². The Morgan fingerprint density at radius 1 is 0.462 bits per heavy atom. The lowest BCUT2D eigenvalue weighted by Gasteiger charge is -2.40. The van der Waals surface area contributed by atoms with E-state index in [1.54, 1.807) is 19.6 Å². The molecule has 5 heterocycles. The molecule has 7 fully saturated rings. The summed E-state index contributed by atoms with van der Waals surface area (Å²) < 4.78 is 20.9. The van der Waals surface area contributed by atoms with E-state index >= 15 is 0 Å². The number of hydroxylamine groups is 6. The average molecular weight is 1280 g/mol. The van der Waals surface area contributed by atoms with Crippen LogP contribution in [0.2, 0.25) is 0 Å². The monoisotopic (exact) mass is 1280 g/mol. The van der Waals surface area contributed by atoms with E-state index in [4.69, 9.17) is 28.9 Å². The van der Waals surface area contributed by atoms with Gasteiger partial charge in [0.05, 0.1) is 38.4 Å². The van der Waals surface area contributed by atoms with Crippen molar-refractivity contribution in [2.45, 2.75) is 129 Å². The van der Waals surface area contributed by atoms with E-state index in [1.165, 1.54) is 13.8 Å². The fourth-order valence-corrected chi connectivity index (χ4v) is 11.9. The van der Waals surface area contributed by atoms with Gasteiger partial charge in [-0.15, -0.1) is 28.7 Å². The third-order valence-electron chi connectivity index (χ3n) is 16.8. The molecular formula is C59H77N9O23. The molecule has 0 bridgehead atoms. The lowest BCUT2D eigenvalue weighted by atomic mass is 10.1. The number of carbonyl (C=O) groups excluding carboxylic acids is 14. The maximum atomic E-state index is 12.8. The minimum absolute atomic E-state index is 0.00810. The number of nitrogens with one attached hydrogen (secondary N) is 2. The number of hydrogen-bond acceptors (Lipinski definition) is 24. The standard InChI is InChI=1S/C27H36N4O9.C23H33N3O7.C9H8N2O7/c1-18(32)38-16-19-14-30(13-12-29(19)15-26(36)40-31-24(34)8-9-25(31)35)23(33)10-11-28-27(37)39-17-22-20-6-4-2-3-5-7-21(20)22;1-16(27)32-14-17-12-26(11-10-25(17)13-22(29)30)21(28)8-9-24-23(31)33-15-20-18-6-4-2-3-5-7-19(18)20;12-5-1-2-6(13)10(5)17-9(16)18-11-7(14)3-4-8(11)15/h19-22H,4-17H2,1H3,(H,28,37);17-20H,4-15H2,1H3,(H,24,31)(H,29,30);1-4H2/t19?,20-,21+,22?;17?,18-,19+,20?;. The molecule has 0 aromatic carbocycles. The second-order valence-corrected chi connectivity index (χ2v) is 23.0. The second-order valence-electron chi connectivity index (χ2n) is 23.0. The summed E-state index contributed by atoms with van der Waals surface area (Å²) in [5.74, 6) is 8.82. The van der Waals surface area contributed by atoms with Crippen molar-refractivity contribution in [1.82, 2.24) is 45.4 Å². The summed E-state index contributed by atoms with van der Waals surface area (Å²) in [4.78, 5) is 195. The second kappa shape index (κ2) is 33.8. The number of alkyl carbamates (subject to hydrolysis) is 2. The largest absolute Gasteiger partial charge is 0.560 e. The third kappa shape index (κ3) is 21.4. The molecule has 3 N–H and O–H groups in total. The average Bonchev–Trinajstić information content (AvgIpc) is 1.65. The minimum Gasteiger partial charge on any atom is -0.480 e. The highest BCUT2D eigenvalue weighted by Gasteiger charge is 2.50. The van der Waals surface area contributed by atoms with Crippen LogP contribution in [-0.4, -0.2) is 233 Å². The SMILES string of the molecule is CC(=O)OCC1CN(C(=O)CCNC(=O)OCC2[C@H]3CCC#CCC[C@@H]23)CCN1CC(=O)O.CC(=O)OCC1CN(C(=O)CCNC(=O)OCC2[C@H]3CCC#CCC[C@@H]23)CCN1CC(=O)ON1C(=O)CCC1=O.O=C(ON1C(=O)CCC1=O)ON1C(=O)CCC1=O. The van der Waals surface area contributed by atoms with Crippen LogP contribution in [0.15, 0.2) is 0 Å². The fraction of sp³-hybridized carbons (Fsp3) is 0.678. The van der Waals surface area contributed by atoms with Gasteiger partial charge in [-0.25, -0.2) is 14.4 Å². The summed E-state index contributed by atoms with van der Waals surface area (Å²) in [6.07, 6.45) is 5.21. The number of carbonyl (C=O) groups is 15. The fourth-order valence-electron chi connectivity index (χ4n) is 11.9. The van der Waals surface area contributed by atoms with Gasteiger partial charge in [0.2, 0.25) is 11.8 Å². The molecule has 91 heavy (non-hydrogen) atoms. The summed E-state index contributed by atoms with van der Waals surface area (Å²) >= 11 is 0. The molecule has 0 spiro atoms. The number of amides is 10. The quantitative estimate of drug-likeness (QED) is 0.0598. The molecule has 10 amide bonds. The van der Waals surface area contributed by atoms with Crippen LogP contribution < -0.4 is 10.6 Å². The Hall–Kier alpha value is -8.91. The van der Waals surface area contributed by atoms with Crippen molar-refractivity contribution in [3.05, 3.63) is 0 Å². The van der Waals surface area contributed by atoms with Crippen molar-refractivity contribution in [1.29, 1.82) is 0 Å². The number of aliphatic carboxylic acids is 1. The summed E-state index contributed by atoms with van der Waals surface area (Å²) in [7, 11) is 0. The zero-order chi connectivity index (χ0) is 65.7. The Balaban J connectivity index is 0.000000207. The lowest BCUT2D eigenvalue weighted by Crippen LogP contribution is -2.58. The molecule has 5 aliphatic heterocycles. The first-order chi connectivity index (χ1) is 43.6. The number of nitrogens with zero attached hydrogens (tertiary/aromatic N) is 7. The maximum absolute atomic E-state index is 12.8. The highest BCUT2D eigenvalue weighted by Crippen LogP contribution is 2.53. The van der Waals surface area contributed by atoms with Gasteiger partial charge in [-0.3, -0.25) is 72.2 Å². The number of esters is 2. The summed E-state index contributed by atoms with van der Waals surface area (Å²) in [6.45, 7) is 4.87. The predicted molar refractivity (Wildman–Crippen MR) is 303 cm³/mol. The van der Waals surface area contributed by atoms with E-state index in [0.29, 0.717) is 73.4 Å². The number of piperazine rings is 2. The number of rotatable bonds is 21. The Labute approximate surface area is 523 Å². The van der Waals surface area contributed by atoms with Crippen LogP contribution in [0.4, 0.5) is 14.4 Å². The van der Waals surface area contributed by atoms with Crippen LogP contribution in [0.1, 0.15) is 117 Å². The van der Waals surface area contributed by atoms with E-state index in [1.807, 2.05) is 0 Å². The van der Waals surface area contributed by atoms with E-state index in [-0.39, 0.29) is 138 Å². The highest BCUT2D eigenvalue weighted by molar-refractivity contribution is 6.03. The number of fused-ring (bicyclic) bond motifs is 2. The summed E-state index contributed by atoms with van der Waals surface area (Å²) in [5, 5.41) is 15.4. The third-order valence-corrected chi connectivity index (χ3v) is 16.8. The minimum atomic E-state index is -1.48. The van der Waals surface area contributed by atoms with Gasteiger partial charge in [-0.05, 0) is 61.2 Å². The number of carboxylic acids is 1. The van der Waals surface area contributed by atoms with Crippen molar-refractivity contribution in [2.24, 2.45) is 35.5 Å². The molecule has 0 aromatic heterocycles. The molecule has 4 aliphatic carbocycles. The molecule has 9 rings (SSSR count). The zero-order valence-corrected chi connectivity index (χ0v) is 50.9. The van der Waals surface area contributed by atoms with Gasteiger partial charge in [0.25, 0.3) is 35.4 Å². The van der Waals surface area contributed by atoms with Gasteiger partial charge in [-0.2, -0.15) is 4.79 Å². The van der Waals surface area contributed by atoms with E-state index in [2.05, 4.69) is 44.0 Å². The molecule has 0 radical (unpaired) electrons. The number of ether oxygens (including phenoxy) is 4. The molecule has 0 aromatic rings. The van der Waals surface area contributed by atoms with E-state index in [9.17, 15) is 71.9 Å². The van der Waals surface area contributed by atoms with Crippen molar-refractivity contribution in [3.63, 3.8) is 0 Å².